The highest BCUT2D eigenvalue weighted by Gasteiger charge is 2.39. The number of carbonyl (C=O) groups excluding carboxylic acids is 3. The van der Waals surface area contributed by atoms with Gasteiger partial charge < -0.3 is 31.5 Å². The van der Waals surface area contributed by atoms with Crippen LogP contribution in [0.2, 0.25) is 0 Å². The standard InChI is InChI=1S/C23H34N4O6S/c1-14(28)19(24)21(30)26-17(13-15-7-4-3-5-8-15)22(31)27-11-6-9-18(27)20(29)25-16(23(32)33)10-12-34-2/h3-5,7-8,14,16-19,28H,6,9-13,24H2,1-2H3,(H,25,29)(H,26,30)(H,32,33). The molecule has 5 atom stereocenters. The molecule has 5 unspecified atom stereocenters. The van der Waals surface area contributed by atoms with E-state index < -0.39 is 54.0 Å². The predicted octanol–water partition coefficient (Wildman–Crippen LogP) is -0.264. The lowest BCUT2D eigenvalue weighted by molar-refractivity contribution is -0.145. The Morgan fingerprint density at radius 2 is 1.85 bits per heavy atom. The summed E-state index contributed by atoms with van der Waals surface area (Å²) in [6.45, 7) is 1.69. The molecule has 1 aromatic rings. The lowest BCUT2D eigenvalue weighted by Crippen LogP contribution is -2.58. The monoisotopic (exact) mass is 494 g/mol. The molecular formula is C23H34N4O6S. The second-order valence-corrected chi connectivity index (χ2v) is 9.37. The minimum Gasteiger partial charge on any atom is -0.480 e. The fraction of sp³-hybridized carbons (Fsp3) is 0.565. The number of aliphatic hydroxyl groups is 1. The Balaban J connectivity index is 2.19. The number of carbonyl (C=O) groups is 4. The number of nitrogens with zero attached hydrogens (tertiary/aromatic N) is 1. The molecule has 1 aliphatic rings. The van der Waals surface area contributed by atoms with Crippen LogP contribution in [0.3, 0.4) is 0 Å². The topological polar surface area (TPSA) is 162 Å². The van der Waals surface area contributed by atoms with Crippen molar-refractivity contribution < 1.29 is 29.4 Å². The van der Waals surface area contributed by atoms with Crippen LogP contribution in [0, 0.1) is 0 Å². The first-order valence-corrected chi connectivity index (χ1v) is 12.7. The highest BCUT2D eigenvalue weighted by molar-refractivity contribution is 7.98. The Labute approximate surface area is 203 Å². The van der Waals surface area contributed by atoms with Crippen LogP contribution in [-0.2, 0) is 25.6 Å². The number of likely N-dealkylation sites (tertiary alicyclic amines) is 1. The van der Waals surface area contributed by atoms with Crippen molar-refractivity contribution in [3.05, 3.63) is 35.9 Å². The summed E-state index contributed by atoms with van der Waals surface area (Å²) in [5, 5.41) is 24.3. The van der Waals surface area contributed by atoms with Crippen molar-refractivity contribution in [3.8, 4) is 0 Å². The van der Waals surface area contributed by atoms with Gasteiger partial charge in [0.1, 0.15) is 24.2 Å². The van der Waals surface area contributed by atoms with Crippen molar-refractivity contribution in [2.24, 2.45) is 5.73 Å². The van der Waals surface area contributed by atoms with E-state index in [1.54, 1.807) is 0 Å². The summed E-state index contributed by atoms with van der Waals surface area (Å²) >= 11 is 1.48. The summed E-state index contributed by atoms with van der Waals surface area (Å²) in [6, 6.07) is 5.01. The third kappa shape index (κ3) is 7.71. The maximum Gasteiger partial charge on any atom is 0.326 e. The van der Waals surface area contributed by atoms with Crippen LogP contribution in [0.1, 0.15) is 31.7 Å². The molecule has 0 aromatic heterocycles. The first-order chi connectivity index (χ1) is 16.1. The van der Waals surface area contributed by atoms with Crippen molar-refractivity contribution >= 4 is 35.5 Å². The number of benzene rings is 1. The summed E-state index contributed by atoms with van der Waals surface area (Å²) in [5.41, 5.74) is 6.55. The molecule has 10 nitrogen and oxygen atoms in total. The second kappa shape index (κ2) is 13.3. The summed E-state index contributed by atoms with van der Waals surface area (Å²) in [6.07, 6.45) is 2.16. The smallest absolute Gasteiger partial charge is 0.326 e. The van der Waals surface area contributed by atoms with Crippen LogP contribution in [0.5, 0.6) is 0 Å². The van der Waals surface area contributed by atoms with E-state index in [1.165, 1.54) is 23.6 Å². The number of rotatable bonds is 12. The summed E-state index contributed by atoms with van der Waals surface area (Å²) in [5.74, 6) is -2.21. The highest BCUT2D eigenvalue weighted by Crippen LogP contribution is 2.20. The predicted molar refractivity (Wildman–Crippen MR) is 129 cm³/mol. The van der Waals surface area contributed by atoms with Gasteiger partial charge in [-0.25, -0.2) is 4.79 Å². The highest BCUT2D eigenvalue weighted by atomic mass is 32.2. The lowest BCUT2D eigenvalue weighted by atomic mass is 10.0. The molecule has 1 aliphatic heterocycles. The Morgan fingerprint density at radius 3 is 2.44 bits per heavy atom. The third-order valence-electron chi connectivity index (χ3n) is 5.78. The van der Waals surface area contributed by atoms with Gasteiger partial charge in [-0.1, -0.05) is 30.3 Å². The molecule has 1 fully saturated rings. The fourth-order valence-electron chi connectivity index (χ4n) is 3.80. The molecule has 2 rings (SSSR count). The molecule has 0 spiro atoms. The van der Waals surface area contributed by atoms with Gasteiger partial charge in [-0.05, 0) is 43.8 Å². The molecule has 6 N–H and O–H groups in total. The van der Waals surface area contributed by atoms with Crippen LogP contribution in [0.4, 0.5) is 0 Å². The Morgan fingerprint density at radius 1 is 1.18 bits per heavy atom. The van der Waals surface area contributed by atoms with Crippen molar-refractivity contribution in [1.29, 1.82) is 0 Å². The largest absolute Gasteiger partial charge is 0.480 e. The second-order valence-electron chi connectivity index (χ2n) is 8.39. The van der Waals surface area contributed by atoms with E-state index in [1.807, 2.05) is 36.6 Å². The molecule has 11 heteroatoms. The zero-order chi connectivity index (χ0) is 25.3. The van der Waals surface area contributed by atoms with Gasteiger partial charge in [0.2, 0.25) is 17.7 Å². The molecule has 0 bridgehead atoms. The average Bonchev–Trinajstić information content (AvgIpc) is 3.30. The molecule has 1 saturated heterocycles. The number of amides is 3. The molecule has 0 saturated carbocycles. The van der Waals surface area contributed by atoms with Crippen molar-refractivity contribution in [1.82, 2.24) is 15.5 Å². The van der Waals surface area contributed by atoms with Gasteiger partial charge in [0.05, 0.1) is 6.10 Å². The first kappa shape index (κ1) is 27.6. The molecule has 188 valence electrons. The minimum absolute atomic E-state index is 0.175. The van der Waals surface area contributed by atoms with Crippen LogP contribution < -0.4 is 16.4 Å². The van der Waals surface area contributed by atoms with Gasteiger partial charge in [-0.2, -0.15) is 11.8 Å². The van der Waals surface area contributed by atoms with Crippen LogP contribution >= 0.6 is 11.8 Å². The van der Waals surface area contributed by atoms with Gasteiger partial charge >= 0.3 is 5.97 Å². The molecular weight excluding hydrogens is 460 g/mol. The maximum atomic E-state index is 13.5. The van der Waals surface area contributed by atoms with E-state index >= 15 is 0 Å². The summed E-state index contributed by atoms with van der Waals surface area (Å²) in [7, 11) is 0. The van der Waals surface area contributed by atoms with Crippen LogP contribution in [0.25, 0.3) is 0 Å². The Kier molecular flexibility index (Phi) is 10.8. The molecule has 0 radical (unpaired) electrons. The van der Waals surface area contributed by atoms with Crippen LogP contribution in [0.15, 0.2) is 30.3 Å². The number of hydrogen-bond acceptors (Lipinski definition) is 7. The molecule has 3 amide bonds. The average molecular weight is 495 g/mol. The lowest BCUT2D eigenvalue weighted by Gasteiger charge is -2.30. The van der Waals surface area contributed by atoms with E-state index in [9.17, 15) is 29.4 Å². The van der Waals surface area contributed by atoms with Gasteiger partial charge in [0.15, 0.2) is 0 Å². The van der Waals surface area contributed by atoms with Crippen molar-refractivity contribution in [3.63, 3.8) is 0 Å². The van der Waals surface area contributed by atoms with Crippen molar-refractivity contribution in [2.75, 3.05) is 18.6 Å². The SMILES string of the molecule is CSCCC(NC(=O)C1CCCN1C(=O)C(Cc1ccccc1)NC(=O)C(N)C(C)O)C(=O)O. The zero-order valence-electron chi connectivity index (χ0n) is 19.5. The molecule has 1 aromatic carbocycles. The number of carboxylic acid groups (broad SMARTS) is 1. The number of hydrogen-bond donors (Lipinski definition) is 5. The Hall–Kier alpha value is -2.63. The summed E-state index contributed by atoms with van der Waals surface area (Å²) < 4.78 is 0. The number of thioether (sulfide) groups is 1. The van der Waals surface area contributed by atoms with E-state index in [-0.39, 0.29) is 12.8 Å². The normalized spacial score (nSPS) is 19.1. The van der Waals surface area contributed by atoms with E-state index in [2.05, 4.69) is 10.6 Å². The summed E-state index contributed by atoms with van der Waals surface area (Å²) in [4.78, 5) is 51.9. The maximum absolute atomic E-state index is 13.5. The molecule has 1 heterocycles. The Bertz CT molecular complexity index is 853. The van der Waals surface area contributed by atoms with Crippen molar-refractivity contribution in [2.45, 2.75) is 62.9 Å². The van der Waals surface area contributed by atoms with Crippen LogP contribution in [-0.4, -0.2) is 87.6 Å². The van der Waals surface area contributed by atoms with Gasteiger partial charge in [0.25, 0.3) is 0 Å². The number of nitrogens with one attached hydrogen (secondary N) is 2. The molecule has 34 heavy (non-hydrogen) atoms. The van der Waals surface area contributed by atoms with Gasteiger partial charge in [0, 0.05) is 13.0 Å². The molecule has 0 aliphatic carbocycles. The number of carboxylic acids is 1. The van der Waals surface area contributed by atoms with E-state index in [0.717, 1.165) is 5.56 Å². The third-order valence-corrected chi connectivity index (χ3v) is 6.43. The number of aliphatic hydroxyl groups excluding tert-OH is 1. The number of aliphatic carboxylic acids is 1. The quantitative estimate of drug-likeness (QED) is 0.265. The number of nitrogens with two attached hydrogens (primary N) is 1. The fourth-order valence-corrected chi connectivity index (χ4v) is 4.27. The van der Waals surface area contributed by atoms with E-state index in [0.29, 0.717) is 25.1 Å². The van der Waals surface area contributed by atoms with Gasteiger partial charge in [-0.3, -0.25) is 14.4 Å². The minimum atomic E-state index is -1.21. The zero-order valence-corrected chi connectivity index (χ0v) is 20.3. The first-order valence-electron chi connectivity index (χ1n) is 11.3. The van der Waals surface area contributed by atoms with E-state index in [4.69, 9.17) is 5.73 Å². The van der Waals surface area contributed by atoms with Gasteiger partial charge in [-0.15, -0.1) is 0 Å².